The predicted octanol–water partition coefficient (Wildman–Crippen LogP) is 7.53. The van der Waals surface area contributed by atoms with Crippen LogP contribution in [0, 0.1) is 0 Å². The highest BCUT2D eigenvalue weighted by Gasteiger charge is 2.21. The zero-order valence-corrected chi connectivity index (χ0v) is 25.2. The number of likely N-dealkylation sites (tertiary alicyclic amines) is 1. The Bertz CT molecular complexity index is 1790. The summed E-state index contributed by atoms with van der Waals surface area (Å²) in [5, 5.41) is 15.0. The summed E-state index contributed by atoms with van der Waals surface area (Å²) in [7, 11) is 1.63. The first-order chi connectivity index (χ1) is 21.5. The number of hydrogen-bond donors (Lipinski definition) is 3. The fraction of sp³-hybridized carbons (Fsp3) is 0.243. The Balaban J connectivity index is 1.35. The normalized spacial score (nSPS) is 14.8. The molecule has 1 atom stereocenters. The number of benzene rings is 4. The van der Waals surface area contributed by atoms with Crippen molar-refractivity contribution < 1.29 is 14.6 Å². The number of amides is 1. The van der Waals surface area contributed by atoms with E-state index in [1.165, 1.54) is 24.8 Å². The monoisotopic (exact) mass is 586 g/mol. The van der Waals surface area contributed by atoms with Gasteiger partial charge >= 0.3 is 0 Å². The summed E-state index contributed by atoms with van der Waals surface area (Å²) in [6.45, 7) is 5.09. The molecule has 7 nitrogen and oxygen atoms in total. The van der Waals surface area contributed by atoms with Crippen LogP contribution in [0.5, 0.6) is 11.6 Å². The van der Waals surface area contributed by atoms with Crippen molar-refractivity contribution in [2.24, 2.45) is 4.99 Å². The van der Waals surface area contributed by atoms with E-state index in [1.807, 2.05) is 85.8 Å². The number of nitrogens with zero attached hydrogens (tertiary/aromatic N) is 2. The van der Waals surface area contributed by atoms with E-state index in [9.17, 15) is 9.90 Å². The molecular formula is C37H38N4O3. The van der Waals surface area contributed by atoms with E-state index in [0.717, 1.165) is 53.1 Å². The van der Waals surface area contributed by atoms with Gasteiger partial charge in [-0.15, -0.1) is 0 Å². The van der Waals surface area contributed by atoms with E-state index in [0.29, 0.717) is 16.8 Å². The fourth-order valence-electron chi connectivity index (χ4n) is 5.92. The van der Waals surface area contributed by atoms with Crippen LogP contribution in [0.4, 0.5) is 5.69 Å². The Morgan fingerprint density at radius 1 is 0.932 bits per heavy atom. The molecule has 0 bridgehead atoms. The maximum atomic E-state index is 13.4. The van der Waals surface area contributed by atoms with E-state index < -0.39 is 0 Å². The number of carbonyl (C=O) groups excluding carboxylic acids is 1. The third-order valence-corrected chi connectivity index (χ3v) is 8.27. The Hall–Kier alpha value is -4.88. The van der Waals surface area contributed by atoms with Crippen molar-refractivity contribution in [1.29, 1.82) is 0 Å². The maximum absolute atomic E-state index is 13.4. The summed E-state index contributed by atoms with van der Waals surface area (Å²) in [5.74, 6) is 0.536. The standard InChI is InChI=1S/C37H38N4O3/c1-25(28-14-10-16-31(22-28)44-2)38-36(42)29-17-18-33-32(23-29)34(37(43)40-33)35(27-12-5-3-6-13-27)39-30-15-9-11-26(21-30)24-41-19-7-4-8-20-41/h3,5-6,9-18,21-23,25,40,43H,4,7-8,19-20,24H2,1-2H3,(H,38,42)/t25-/m1/s1. The molecule has 224 valence electrons. The molecule has 0 unspecified atom stereocenters. The average Bonchev–Trinajstić information content (AvgIpc) is 3.39. The van der Waals surface area contributed by atoms with E-state index in [-0.39, 0.29) is 17.8 Å². The molecule has 44 heavy (non-hydrogen) atoms. The molecule has 4 aromatic carbocycles. The van der Waals surface area contributed by atoms with Gasteiger partial charge in [-0.3, -0.25) is 9.69 Å². The van der Waals surface area contributed by atoms with Gasteiger partial charge in [0, 0.05) is 28.6 Å². The van der Waals surface area contributed by atoms with Gasteiger partial charge in [-0.1, -0.05) is 61.0 Å². The largest absolute Gasteiger partial charge is 0.497 e. The zero-order chi connectivity index (χ0) is 30.5. The van der Waals surface area contributed by atoms with Crippen molar-refractivity contribution in [1.82, 2.24) is 15.2 Å². The number of aromatic amines is 1. The maximum Gasteiger partial charge on any atom is 0.251 e. The summed E-state index contributed by atoms with van der Waals surface area (Å²) in [6.07, 6.45) is 3.80. The Morgan fingerprint density at radius 2 is 1.73 bits per heavy atom. The number of aromatic hydroxyl groups is 1. The first kappa shape index (κ1) is 29.2. The topological polar surface area (TPSA) is 89.9 Å². The molecule has 1 aliphatic heterocycles. The van der Waals surface area contributed by atoms with Crippen LogP contribution >= 0.6 is 0 Å². The number of methoxy groups -OCH3 is 1. The molecule has 3 N–H and O–H groups in total. The number of hydrogen-bond acceptors (Lipinski definition) is 5. The molecule has 1 aliphatic rings. The minimum Gasteiger partial charge on any atom is -0.497 e. The summed E-state index contributed by atoms with van der Waals surface area (Å²) in [4.78, 5) is 24.1. The van der Waals surface area contributed by atoms with E-state index in [2.05, 4.69) is 27.3 Å². The molecule has 6 rings (SSSR count). The second-order valence-electron chi connectivity index (χ2n) is 11.4. The number of aliphatic imine (C=N–C) groups is 1. The van der Waals surface area contributed by atoms with Crippen LogP contribution in [0.3, 0.4) is 0 Å². The highest BCUT2D eigenvalue weighted by molar-refractivity contribution is 6.22. The van der Waals surface area contributed by atoms with Gasteiger partial charge < -0.3 is 20.1 Å². The quantitative estimate of drug-likeness (QED) is 0.156. The van der Waals surface area contributed by atoms with Gasteiger partial charge in [0.25, 0.3) is 5.91 Å². The molecule has 0 radical (unpaired) electrons. The smallest absolute Gasteiger partial charge is 0.251 e. The third kappa shape index (κ3) is 6.53. The van der Waals surface area contributed by atoms with Crippen molar-refractivity contribution >= 4 is 28.2 Å². The Kier molecular flexibility index (Phi) is 8.75. The molecule has 0 spiro atoms. The molecule has 1 saturated heterocycles. The highest BCUT2D eigenvalue weighted by Crippen LogP contribution is 2.33. The average molecular weight is 587 g/mol. The number of H-pyrrole nitrogens is 1. The van der Waals surface area contributed by atoms with Crippen molar-refractivity contribution in [3.63, 3.8) is 0 Å². The number of piperidine rings is 1. The van der Waals surface area contributed by atoms with Crippen molar-refractivity contribution in [3.8, 4) is 11.6 Å². The lowest BCUT2D eigenvalue weighted by Gasteiger charge is -2.26. The van der Waals surface area contributed by atoms with Crippen LogP contribution < -0.4 is 10.1 Å². The number of ether oxygens (including phenoxy) is 1. The summed E-state index contributed by atoms with van der Waals surface area (Å²) < 4.78 is 5.35. The fourth-order valence-corrected chi connectivity index (χ4v) is 5.92. The first-order valence-corrected chi connectivity index (χ1v) is 15.2. The molecule has 2 heterocycles. The second-order valence-corrected chi connectivity index (χ2v) is 11.4. The molecule has 5 aromatic rings. The van der Waals surface area contributed by atoms with Crippen LogP contribution in [0.2, 0.25) is 0 Å². The van der Waals surface area contributed by atoms with Gasteiger partial charge in [0.1, 0.15) is 5.75 Å². The lowest BCUT2D eigenvalue weighted by Crippen LogP contribution is -2.28. The number of nitrogens with one attached hydrogen (secondary N) is 2. The van der Waals surface area contributed by atoms with Crippen LogP contribution in [0.1, 0.15) is 64.8 Å². The van der Waals surface area contributed by atoms with Gasteiger partial charge in [-0.05, 0) is 86.4 Å². The molecule has 0 aliphatic carbocycles. The van der Waals surface area contributed by atoms with Crippen LogP contribution in [-0.4, -0.2) is 46.8 Å². The molecule has 7 heteroatoms. The van der Waals surface area contributed by atoms with E-state index >= 15 is 0 Å². The third-order valence-electron chi connectivity index (χ3n) is 8.27. The van der Waals surface area contributed by atoms with Crippen molar-refractivity contribution in [2.45, 2.75) is 38.8 Å². The van der Waals surface area contributed by atoms with Gasteiger partial charge in [0.2, 0.25) is 0 Å². The molecule has 1 aromatic heterocycles. The lowest BCUT2D eigenvalue weighted by atomic mass is 9.99. The van der Waals surface area contributed by atoms with Crippen molar-refractivity contribution in [2.75, 3.05) is 20.2 Å². The van der Waals surface area contributed by atoms with E-state index in [1.54, 1.807) is 13.2 Å². The zero-order valence-electron chi connectivity index (χ0n) is 25.2. The number of aromatic nitrogens is 1. The second kappa shape index (κ2) is 13.2. The SMILES string of the molecule is COc1cccc([C@@H](C)NC(=O)c2ccc3[nH]c(O)c(C(=Nc4cccc(CN5CCCCC5)c4)c4ccccc4)c3c2)c1. The van der Waals surface area contributed by atoms with Crippen LogP contribution in [0.15, 0.2) is 102 Å². The predicted molar refractivity (Wildman–Crippen MR) is 176 cm³/mol. The van der Waals surface area contributed by atoms with Crippen molar-refractivity contribution in [3.05, 3.63) is 125 Å². The summed E-state index contributed by atoms with van der Waals surface area (Å²) in [5.41, 5.74) is 6.24. The molecule has 1 fully saturated rings. The molecule has 0 saturated carbocycles. The lowest BCUT2D eigenvalue weighted by molar-refractivity contribution is 0.0940. The van der Waals surface area contributed by atoms with E-state index in [4.69, 9.17) is 9.73 Å². The van der Waals surface area contributed by atoms with Crippen LogP contribution in [0.25, 0.3) is 10.9 Å². The molecule has 1 amide bonds. The number of rotatable bonds is 9. The van der Waals surface area contributed by atoms with Crippen LogP contribution in [-0.2, 0) is 6.54 Å². The number of carbonyl (C=O) groups is 1. The van der Waals surface area contributed by atoms with Gasteiger partial charge in [0.15, 0.2) is 5.88 Å². The minimum absolute atomic E-state index is 0.00869. The Labute approximate surface area is 258 Å². The first-order valence-electron chi connectivity index (χ1n) is 15.2. The highest BCUT2D eigenvalue weighted by atomic mass is 16.5. The summed E-state index contributed by atoms with van der Waals surface area (Å²) >= 11 is 0. The minimum atomic E-state index is -0.231. The Morgan fingerprint density at radius 3 is 2.52 bits per heavy atom. The van der Waals surface area contributed by atoms with Gasteiger partial charge in [0.05, 0.1) is 30.1 Å². The molecular weight excluding hydrogens is 548 g/mol. The number of fused-ring (bicyclic) bond motifs is 1. The van der Waals surface area contributed by atoms with Gasteiger partial charge in [-0.25, -0.2) is 4.99 Å². The van der Waals surface area contributed by atoms with Gasteiger partial charge in [-0.2, -0.15) is 0 Å². The summed E-state index contributed by atoms with van der Waals surface area (Å²) in [6, 6.07) is 31.0.